The third-order valence-electron chi connectivity index (χ3n) is 2.82. The zero-order chi connectivity index (χ0) is 16.1. The van der Waals surface area contributed by atoms with Crippen LogP contribution in [0.1, 0.15) is 6.42 Å². The fourth-order valence-corrected chi connectivity index (χ4v) is 1.95. The molecule has 0 saturated heterocycles. The topological polar surface area (TPSA) is 84.2 Å². The van der Waals surface area contributed by atoms with E-state index in [0.29, 0.717) is 5.69 Å². The van der Waals surface area contributed by atoms with E-state index in [4.69, 9.17) is 17.3 Å². The van der Waals surface area contributed by atoms with E-state index in [-0.39, 0.29) is 11.4 Å². The molecule has 2 aromatic carbocycles. The van der Waals surface area contributed by atoms with Crippen molar-refractivity contribution in [3.63, 3.8) is 0 Å². The molecule has 2 rings (SSSR count). The largest absolute Gasteiger partial charge is 0.369 e. The summed E-state index contributed by atoms with van der Waals surface area (Å²) >= 11 is 5.75. The highest BCUT2D eigenvalue weighted by Gasteiger charge is 2.06. The average molecular weight is 322 g/mol. The number of primary amides is 1. The van der Waals surface area contributed by atoms with Crippen molar-refractivity contribution >= 4 is 29.1 Å². The molecule has 0 atom stereocenters. The number of carbonyl (C=O) groups excluding carboxylic acids is 2. The maximum Gasteiger partial charge on any atom is 0.247 e. The van der Waals surface area contributed by atoms with Crippen LogP contribution in [0.4, 0.5) is 10.1 Å². The van der Waals surface area contributed by atoms with Crippen LogP contribution in [0.15, 0.2) is 42.5 Å². The van der Waals surface area contributed by atoms with Gasteiger partial charge in [-0.25, -0.2) is 4.39 Å². The predicted octanol–water partition coefficient (Wildman–Crippen LogP) is 2.46. The molecule has 0 aliphatic carbocycles. The van der Waals surface area contributed by atoms with E-state index in [1.165, 1.54) is 12.1 Å². The van der Waals surface area contributed by atoms with Crippen LogP contribution in [0.5, 0.6) is 0 Å². The second-order valence-corrected chi connectivity index (χ2v) is 4.93. The van der Waals surface area contributed by atoms with Crippen molar-refractivity contribution in [2.24, 2.45) is 5.73 Å². The molecule has 0 aliphatic rings. The van der Waals surface area contributed by atoms with Crippen LogP contribution >= 0.6 is 11.6 Å². The number of hydrazine groups is 1. The molecule has 0 aromatic heterocycles. The van der Waals surface area contributed by atoms with Gasteiger partial charge in [0.15, 0.2) is 0 Å². The van der Waals surface area contributed by atoms with Gasteiger partial charge >= 0.3 is 0 Å². The summed E-state index contributed by atoms with van der Waals surface area (Å²) in [6.07, 6.45) is -0.390. The lowest BCUT2D eigenvalue weighted by Gasteiger charge is -2.09. The van der Waals surface area contributed by atoms with E-state index in [1.54, 1.807) is 30.3 Å². The van der Waals surface area contributed by atoms with Gasteiger partial charge in [-0.05, 0) is 35.4 Å². The maximum atomic E-state index is 13.1. The predicted molar refractivity (Wildman–Crippen MR) is 82.4 cm³/mol. The number of carbonyl (C=O) groups is 2. The number of benzene rings is 2. The van der Waals surface area contributed by atoms with E-state index in [2.05, 4.69) is 10.9 Å². The van der Waals surface area contributed by atoms with Crippen LogP contribution in [0.2, 0.25) is 5.02 Å². The smallest absolute Gasteiger partial charge is 0.247 e. The van der Waals surface area contributed by atoms with Crippen molar-refractivity contribution in [3.05, 3.63) is 53.3 Å². The van der Waals surface area contributed by atoms with E-state index < -0.39 is 17.6 Å². The maximum absolute atomic E-state index is 13.1. The Morgan fingerprint density at radius 1 is 1.09 bits per heavy atom. The van der Waals surface area contributed by atoms with Crippen LogP contribution in [-0.4, -0.2) is 11.8 Å². The Kier molecular flexibility index (Phi) is 4.95. The summed E-state index contributed by atoms with van der Waals surface area (Å²) in [5, 5.41) is 0.0541. The summed E-state index contributed by atoms with van der Waals surface area (Å²) in [7, 11) is 0. The first-order valence-corrected chi connectivity index (χ1v) is 6.72. The Bertz CT molecular complexity index is 704. The zero-order valence-electron chi connectivity index (χ0n) is 11.4. The third kappa shape index (κ3) is 4.20. The Hall–Kier alpha value is -2.60. The Balaban J connectivity index is 2.02. The highest BCUT2D eigenvalue weighted by atomic mass is 35.5. The van der Waals surface area contributed by atoms with E-state index >= 15 is 0 Å². The van der Waals surface area contributed by atoms with Gasteiger partial charge in [-0.15, -0.1) is 0 Å². The van der Waals surface area contributed by atoms with E-state index in [0.717, 1.165) is 11.1 Å². The molecule has 0 saturated carbocycles. The first kappa shape index (κ1) is 15.8. The molecule has 7 heteroatoms. The van der Waals surface area contributed by atoms with Gasteiger partial charge in [0.2, 0.25) is 11.8 Å². The van der Waals surface area contributed by atoms with Gasteiger partial charge in [0.05, 0.1) is 10.7 Å². The number of nitrogens with two attached hydrogens (primary N) is 1. The minimum absolute atomic E-state index is 0.0541. The monoisotopic (exact) mass is 321 g/mol. The second-order valence-electron chi connectivity index (χ2n) is 4.52. The number of hydrogen-bond acceptors (Lipinski definition) is 3. The molecule has 4 N–H and O–H groups in total. The molecule has 0 aliphatic heterocycles. The van der Waals surface area contributed by atoms with Crippen molar-refractivity contribution in [1.82, 2.24) is 5.43 Å². The van der Waals surface area contributed by atoms with E-state index in [9.17, 15) is 14.0 Å². The molecule has 0 radical (unpaired) electrons. The third-order valence-corrected chi connectivity index (χ3v) is 3.11. The lowest BCUT2D eigenvalue weighted by atomic mass is 10.1. The molecule has 2 aromatic rings. The summed E-state index contributed by atoms with van der Waals surface area (Å²) < 4.78 is 13.1. The van der Waals surface area contributed by atoms with Crippen molar-refractivity contribution in [1.29, 1.82) is 0 Å². The molecule has 5 nitrogen and oxygen atoms in total. The van der Waals surface area contributed by atoms with E-state index in [1.807, 2.05) is 0 Å². The molecule has 22 heavy (non-hydrogen) atoms. The zero-order valence-corrected chi connectivity index (χ0v) is 12.2. The summed E-state index contributed by atoms with van der Waals surface area (Å²) in [6.45, 7) is 0. The number of rotatable bonds is 5. The standard InChI is InChI=1S/C15H13ClFN3O2/c16-12-7-10(3-6-13(12)17)9-1-4-11(5-2-9)19-20-15(22)8-14(18)21/h1-7,19H,8H2,(H2,18,21)(H,20,22). The first-order valence-electron chi connectivity index (χ1n) is 6.34. The van der Waals surface area contributed by atoms with Crippen molar-refractivity contribution in [3.8, 4) is 11.1 Å². The molecule has 0 bridgehead atoms. The summed E-state index contributed by atoms with van der Waals surface area (Å²) in [5.41, 5.74) is 12.1. The van der Waals surface area contributed by atoms with Gasteiger partial charge in [-0.3, -0.25) is 20.4 Å². The summed E-state index contributed by atoms with van der Waals surface area (Å²) in [5.74, 6) is -1.70. The SMILES string of the molecule is NC(=O)CC(=O)NNc1ccc(-c2ccc(F)c(Cl)c2)cc1. The molecule has 0 heterocycles. The van der Waals surface area contributed by atoms with Crippen LogP contribution in [0, 0.1) is 5.82 Å². The van der Waals surface area contributed by atoms with Crippen LogP contribution in [-0.2, 0) is 9.59 Å². The molecular weight excluding hydrogens is 309 g/mol. The average Bonchev–Trinajstić information content (AvgIpc) is 2.48. The summed E-state index contributed by atoms with van der Waals surface area (Å²) in [4.78, 5) is 21.8. The molecule has 0 unspecified atom stereocenters. The Labute approximate surface area is 131 Å². The number of anilines is 1. The summed E-state index contributed by atoms with van der Waals surface area (Å²) in [6, 6.07) is 11.5. The second kappa shape index (κ2) is 6.91. The fourth-order valence-electron chi connectivity index (χ4n) is 1.77. The molecule has 2 amide bonds. The first-order chi connectivity index (χ1) is 10.5. The number of amides is 2. The number of halogens is 2. The van der Waals surface area contributed by atoms with Crippen molar-refractivity contribution in [2.45, 2.75) is 6.42 Å². The lowest BCUT2D eigenvalue weighted by Crippen LogP contribution is -2.32. The normalized spacial score (nSPS) is 10.1. The fraction of sp³-hybridized carbons (Fsp3) is 0.0667. The van der Waals surface area contributed by atoms with Gasteiger partial charge < -0.3 is 5.73 Å². The highest BCUT2D eigenvalue weighted by Crippen LogP contribution is 2.25. The Morgan fingerprint density at radius 3 is 2.32 bits per heavy atom. The van der Waals surface area contributed by atoms with Crippen molar-refractivity contribution in [2.75, 3.05) is 5.43 Å². The quantitative estimate of drug-likeness (QED) is 0.584. The van der Waals surface area contributed by atoms with Crippen LogP contribution < -0.4 is 16.6 Å². The van der Waals surface area contributed by atoms with Crippen LogP contribution in [0.3, 0.4) is 0 Å². The van der Waals surface area contributed by atoms with Gasteiger partial charge in [-0.1, -0.05) is 29.8 Å². The molecule has 0 fully saturated rings. The van der Waals surface area contributed by atoms with Crippen LogP contribution in [0.25, 0.3) is 11.1 Å². The molecule has 0 spiro atoms. The number of hydrogen-bond donors (Lipinski definition) is 3. The van der Waals surface area contributed by atoms with Gasteiger partial charge in [-0.2, -0.15) is 0 Å². The molecule has 114 valence electrons. The van der Waals surface area contributed by atoms with Gasteiger partial charge in [0.1, 0.15) is 12.2 Å². The Morgan fingerprint density at radius 2 is 1.73 bits per heavy atom. The van der Waals surface area contributed by atoms with Gasteiger partial charge in [0, 0.05) is 0 Å². The highest BCUT2D eigenvalue weighted by molar-refractivity contribution is 6.31. The lowest BCUT2D eigenvalue weighted by molar-refractivity contribution is -0.127. The number of nitrogens with one attached hydrogen (secondary N) is 2. The van der Waals surface area contributed by atoms with Crippen molar-refractivity contribution < 1.29 is 14.0 Å². The molecular formula is C15H13ClFN3O2. The minimum atomic E-state index is -0.706. The minimum Gasteiger partial charge on any atom is -0.369 e. The van der Waals surface area contributed by atoms with Gasteiger partial charge in [0.25, 0.3) is 0 Å².